The summed E-state index contributed by atoms with van der Waals surface area (Å²) in [5.41, 5.74) is 8.48. The maximum Gasteiger partial charge on any atom is 0.374 e. The monoisotopic (exact) mass is 405 g/mol. The molecule has 0 amide bonds. The third-order valence-electron chi connectivity index (χ3n) is 4.34. The summed E-state index contributed by atoms with van der Waals surface area (Å²) < 4.78 is 11.5. The second-order valence-electron chi connectivity index (χ2n) is 6.59. The molecule has 9 nitrogen and oxygen atoms in total. The maximum absolute atomic E-state index is 12.7. The van der Waals surface area contributed by atoms with E-state index in [0.717, 1.165) is 10.2 Å². The fourth-order valence-electron chi connectivity index (χ4n) is 2.98. The van der Waals surface area contributed by atoms with Crippen molar-refractivity contribution in [3.05, 3.63) is 65.4 Å². The largest absolute Gasteiger partial charge is 0.460 e. The lowest BCUT2D eigenvalue weighted by Gasteiger charge is -2.03. The Bertz CT molecular complexity index is 1260. The van der Waals surface area contributed by atoms with Gasteiger partial charge in [-0.1, -0.05) is 17.7 Å². The molecule has 0 bridgehead atoms. The zero-order chi connectivity index (χ0) is 21.3. The number of fused-ring (bicyclic) bond motifs is 1. The average Bonchev–Trinajstić information content (AvgIpc) is 3.30. The van der Waals surface area contributed by atoms with Crippen LogP contribution in [0.1, 0.15) is 33.4 Å². The Balaban J connectivity index is 1.57. The predicted octanol–water partition coefficient (Wildman–Crippen LogP) is 3.52. The van der Waals surface area contributed by atoms with Crippen LogP contribution >= 0.6 is 0 Å². The summed E-state index contributed by atoms with van der Waals surface area (Å²) in [7, 11) is 0. The van der Waals surface area contributed by atoms with Crippen LogP contribution in [0.25, 0.3) is 11.0 Å². The lowest BCUT2D eigenvalue weighted by atomic mass is 10.1. The first kappa shape index (κ1) is 19.2. The minimum Gasteiger partial charge on any atom is -0.460 e. The lowest BCUT2D eigenvalue weighted by molar-refractivity contribution is 0.0492. The van der Waals surface area contributed by atoms with Gasteiger partial charge in [-0.15, -0.1) is 5.10 Å². The number of nitrogens with two attached hydrogens (primary N) is 1. The highest BCUT2D eigenvalue weighted by atomic mass is 16.5. The topological polar surface area (TPSA) is 125 Å². The molecule has 0 fully saturated rings. The highest BCUT2D eigenvalue weighted by Gasteiger charge is 2.17. The highest BCUT2D eigenvalue weighted by molar-refractivity contribution is 5.97. The molecule has 4 rings (SSSR count). The minimum atomic E-state index is -0.522. The number of carbonyl (C=O) groups is 2. The summed E-state index contributed by atoms with van der Waals surface area (Å²) in [6.45, 7) is 3.89. The Morgan fingerprint density at radius 1 is 1.20 bits per heavy atom. The van der Waals surface area contributed by atoms with Crippen LogP contribution in [-0.2, 0) is 4.74 Å². The number of nitrogen functional groups attached to an aromatic ring is 1. The molecule has 0 aliphatic carbocycles. The van der Waals surface area contributed by atoms with E-state index in [9.17, 15) is 9.59 Å². The van der Waals surface area contributed by atoms with Crippen LogP contribution in [0.3, 0.4) is 0 Å². The molecular formula is C21H19N5O4. The SMILES string of the molecule is CCOC(=O)c1cc2cc(Nc3nc(N)n(C(=O)c4cccc(C)c4)n3)ccc2o1. The van der Waals surface area contributed by atoms with Gasteiger partial charge in [0, 0.05) is 16.6 Å². The molecule has 0 aliphatic heterocycles. The number of nitrogens with zero attached hydrogens (tertiary/aromatic N) is 3. The van der Waals surface area contributed by atoms with E-state index in [2.05, 4.69) is 15.4 Å². The van der Waals surface area contributed by atoms with Crippen molar-refractivity contribution in [1.29, 1.82) is 0 Å². The molecule has 0 atom stereocenters. The molecule has 0 saturated carbocycles. The molecule has 2 aromatic carbocycles. The van der Waals surface area contributed by atoms with Crippen molar-refractivity contribution >= 4 is 40.4 Å². The number of aryl methyl sites for hydroxylation is 1. The van der Waals surface area contributed by atoms with Gasteiger partial charge in [-0.05, 0) is 50.2 Å². The van der Waals surface area contributed by atoms with E-state index in [1.807, 2.05) is 13.0 Å². The minimum absolute atomic E-state index is 0.0296. The van der Waals surface area contributed by atoms with Crippen molar-refractivity contribution in [2.75, 3.05) is 17.7 Å². The van der Waals surface area contributed by atoms with Gasteiger partial charge < -0.3 is 20.2 Å². The van der Waals surface area contributed by atoms with E-state index in [1.54, 1.807) is 49.4 Å². The molecule has 0 saturated heterocycles. The molecule has 152 valence electrons. The van der Waals surface area contributed by atoms with Crippen LogP contribution in [0.5, 0.6) is 0 Å². The number of hydrogen-bond donors (Lipinski definition) is 2. The predicted molar refractivity (Wildman–Crippen MR) is 111 cm³/mol. The Morgan fingerprint density at radius 2 is 2.03 bits per heavy atom. The standard InChI is InChI=1S/C21H19N5O4/c1-3-29-19(28)17-11-14-10-15(7-8-16(14)30-17)23-21-24-20(22)26(25-21)18(27)13-6-4-5-12(2)9-13/h4-11H,3H2,1-2H3,(H3,22,23,24,25). The third kappa shape index (κ3) is 3.72. The zero-order valence-electron chi connectivity index (χ0n) is 16.4. The summed E-state index contributed by atoms with van der Waals surface area (Å²) >= 11 is 0. The van der Waals surface area contributed by atoms with Crippen LogP contribution in [0.15, 0.2) is 52.9 Å². The molecule has 2 aromatic heterocycles. The van der Waals surface area contributed by atoms with Crippen molar-refractivity contribution in [3.8, 4) is 0 Å². The number of aromatic nitrogens is 3. The molecule has 0 radical (unpaired) electrons. The fraction of sp³-hybridized carbons (Fsp3) is 0.143. The fourth-order valence-corrected chi connectivity index (χ4v) is 2.98. The van der Waals surface area contributed by atoms with Gasteiger partial charge in [-0.2, -0.15) is 9.67 Å². The van der Waals surface area contributed by atoms with Crippen LogP contribution < -0.4 is 11.1 Å². The van der Waals surface area contributed by atoms with Crippen molar-refractivity contribution < 1.29 is 18.7 Å². The first-order valence-corrected chi connectivity index (χ1v) is 9.26. The Labute approximate surface area is 171 Å². The van der Waals surface area contributed by atoms with Gasteiger partial charge >= 0.3 is 5.97 Å². The smallest absolute Gasteiger partial charge is 0.374 e. The van der Waals surface area contributed by atoms with E-state index in [1.165, 1.54) is 0 Å². The zero-order valence-corrected chi connectivity index (χ0v) is 16.4. The number of hydrogen-bond acceptors (Lipinski definition) is 8. The Kier molecular flexibility index (Phi) is 4.93. The number of ether oxygens (including phenoxy) is 1. The van der Waals surface area contributed by atoms with Crippen molar-refractivity contribution in [1.82, 2.24) is 14.8 Å². The Hall–Kier alpha value is -4.14. The first-order valence-electron chi connectivity index (χ1n) is 9.26. The van der Waals surface area contributed by atoms with E-state index in [4.69, 9.17) is 14.9 Å². The molecule has 0 unspecified atom stereocenters. The molecule has 30 heavy (non-hydrogen) atoms. The van der Waals surface area contributed by atoms with E-state index in [0.29, 0.717) is 22.2 Å². The van der Waals surface area contributed by atoms with Crippen LogP contribution in [0, 0.1) is 6.92 Å². The summed E-state index contributed by atoms with van der Waals surface area (Å²) in [4.78, 5) is 28.6. The van der Waals surface area contributed by atoms with Crippen molar-refractivity contribution in [3.63, 3.8) is 0 Å². The highest BCUT2D eigenvalue weighted by Crippen LogP contribution is 2.25. The number of rotatable bonds is 5. The van der Waals surface area contributed by atoms with Crippen LogP contribution in [-0.4, -0.2) is 33.2 Å². The summed E-state index contributed by atoms with van der Waals surface area (Å²) in [5.74, 6) is -0.633. The third-order valence-corrected chi connectivity index (χ3v) is 4.34. The van der Waals surface area contributed by atoms with E-state index in [-0.39, 0.29) is 30.2 Å². The number of esters is 1. The second kappa shape index (κ2) is 7.70. The number of carbonyl (C=O) groups excluding carboxylic acids is 2. The number of furan rings is 1. The molecule has 4 aromatic rings. The second-order valence-corrected chi connectivity index (χ2v) is 6.59. The molecular weight excluding hydrogens is 386 g/mol. The van der Waals surface area contributed by atoms with Gasteiger partial charge in [0.05, 0.1) is 6.61 Å². The number of benzene rings is 2. The normalized spacial score (nSPS) is 10.9. The van der Waals surface area contributed by atoms with Gasteiger partial charge in [0.1, 0.15) is 5.58 Å². The van der Waals surface area contributed by atoms with Crippen LogP contribution in [0.2, 0.25) is 0 Å². The quantitative estimate of drug-likeness (QED) is 0.483. The van der Waals surface area contributed by atoms with Gasteiger partial charge in [0.25, 0.3) is 5.91 Å². The Morgan fingerprint density at radius 3 is 2.80 bits per heavy atom. The molecule has 0 spiro atoms. The molecule has 9 heteroatoms. The van der Waals surface area contributed by atoms with Crippen LogP contribution in [0.4, 0.5) is 17.6 Å². The summed E-state index contributed by atoms with van der Waals surface area (Å²) in [6, 6.07) is 13.9. The number of anilines is 3. The van der Waals surface area contributed by atoms with Crippen molar-refractivity contribution in [2.24, 2.45) is 0 Å². The summed E-state index contributed by atoms with van der Waals surface area (Å²) in [5, 5.41) is 7.88. The van der Waals surface area contributed by atoms with E-state index >= 15 is 0 Å². The maximum atomic E-state index is 12.7. The first-order chi connectivity index (χ1) is 14.4. The van der Waals surface area contributed by atoms with Gasteiger partial charge in [-0.3, -0.25) is 4.79 Å². The van der Waals surface area contributed by atoms with Crippen molar-refractivity contribution in [2.45, 2.75) is 13.8 Å². The molecule has 0 aliphatic rings. The molecule has 3 N–H and O–H groups in total. The number of nitrogens with one attached hydrogen (secondary N) is 1. The van der Waals surface area contributed by atoms with Gasteiger partial charge in [-0.25, -0.2) is 4.79 Å². The summed E-state index contributed by atoms with van der Waals surface area (Å²) in [6.07, 6.45) is 0. The van der Waals surface area contributed by atoms with E-state index < -0.39 is 5.97 Å². The average molecular weight is 405 g/mol. The van der Waals surface area contributed by atoms with Gasteiger partial charge in [0.2, 0.25) is 17.7 Å². The van der Waals surface area contributed by atoms with Gasteiger partial charge in [0.15, 0.2) is 0 Å². The molecule has 2 heterocycles. The lowest BCUT2D eigenvalue weighted by Crippen LogP contribution is -2.16.